The number of carbonyl (C=O) groups is 1. The quantitative estimate of drug-likeness (QED) is 0.716. The van der Waals surface area contributed by atoms with Crippen molar-refractivity contribution in [1.29, 1.82) is 0 Å². The summed E-state index contributed by atoms with van der Waals surface area (Å²) < 4.78 is 0. The van der Waals surface area contributed by atoms with Gasteiger partial charge in [-0.15, -0.1) is 0 Å². The first-order valence-electron chi connectivity index (χ1n) is 4.25. The van der Waals surface area contributed by atoms with E-state index in [1.54, 1.807) is 0 Å². The molecule has 70 valence electrons. The minimum Gasteiger partial charge on any atom is -0.368 e. The first-order valence-corrected chi connectivity index (χ1v) is 4.25. The predicted molar refractivity (Wildman–Crippen MR) is 51.8 cm³/mol. The Balaban J connectivity index is 3.11. The molecule has 1 amide bonds. The van der Waals surface area contributed by atoms with E-state index in [1.807, 2.05) is 37.3 Å². The molecule has 0 unspecified atom stereocenters. The van der Waals surface area contributed by atoms with Gasteiger partial charge in [0.25, 0.3) is 0 Å². The number of hydrogen-bond acceptors (Lipinski definition) is 2. The zero-order valence-corrected chi connectivity index (χ0v) is 7.66. The summed E-state index contributed by atoms with van der Waals surface area (Å²) in [6, 6.07) is 9.19. The second-order valence-corrected chi connectivity index (χ2v) is 3.06. The summed E-state index contributed by atoms with van der Waals surface area (Å²) in [5, 5.41) is 0. The fourth-order valence-corrected chi connectivity index (χ4v) is 1.26. The molecule has 13 heavy (non-hydrogen) atoms. The molecule has 0 saturated heterocycles. The maximum atomic E-state index is 11.1. The second-order valence-electron chi connectivity index (χ2n) is 3.06. The Morgan fingerprint density at radius 1 is 1.38 bits per heavy atom. The molecule has 3 heteroatoms. The molecule has 4 N–H and O–H groups in total. The van der Waals surface area contributed by atoms with Crippen molar-refractivity contribution in [3.05, 3.63) is 35.9 Å². The number of primary amides is 1. The van der Waals surface area contributed by atoms with Crippen LogP contribution in [0.3, 0.4) is 0 Å². The molecule has 1 aromatic rings. The van der Waals surface area contributed by atoms with Gasteiger partial charge in [-0.1, -0.05) is 37.3 Å². The highest BCUT2D eigenvalue weighted by molar-refractivity contribution is 5.85. The lowest BCUT2D eigenvalue weighted by molar-refractivity contribution is -0.123. The van der Waals surface area contributed by atoms with Gasteiger partial charge in [0.15, 0.2) is 0 Å². The minimum absolute atomic E-state index is 0.485. The number of hydrogen-bond donors (Lipinski definition) is 2. The zero-order chi connectivity index (χ0) is 9.90. The first kappa shape index (κ1) is 9.74. The van der Waals surface area contributed by atoms with Crippen molar-refractivity contribution in [2.75, 3.05) is 0 Å². The molecule has 0 radical (unpaired) electrons. The number of rotatable bonds is 3. The van der Waals surface area contributed by atoms with Gasteiger partial charge in [-0.3, -0.25) is 4.79 Å². The molecular formula is C10H14N2O. The van der Waals surface area contributed by atoms with Crippen molar-refractivity contribution in [1.82, 2.24) is 0 Å². The van der Waals surface area contributed by atoms with Gasteiger partial charge in [-0.2, -0.15) is 0 Å². The maximum Gasteiger partial charge on any atom is 0.242 e. The lowest BCUT2D eigenvalue weighted by Gasteiger charge is -2.24. The van der Waals surface area contributed by atoms with E-state index in [1.165, 1.54) is 0 Å². The number of carbonyl (C=O) groups excluding carboxylic acids is 1. The van der Waals surface area contributed by atoms with Gasteiger partial charge in [0, 0.05) is 0 Å². The minimum atomic E-state index is -1.03. The fourth-order valence-electron chi connectivity index (χ4n) is 1.26. The normalized spacial score (nSPS) is 14.9. The van der Waals surface area contributed by atoms with E-state index in [4.69, 9.17) is 11.5 Å². The third kappa shape index (κ3) is 1.70. The van der Waals surface area contributed by atoms with E-state index in [2.05, 4.69) is 0 Å². The summed E-state index contributed by atoms with van der Waals surface area (Å²) in [6.45, 7) is 1.84. The molecular weight excluding hydrogens is 164 g/mol. The lowest BCUT2D eigenvalue weighted by atomic mass is 9.88. The monoisotopic (exact) mass is 178 g/mol. The summed E-state index contributed by atoms with van der Waals surface area (Å²) in [5.74, 6) is -0.485. The summed E-state index contributed by atoms with van der Waals surface area (Å²) in [6.07, 6.45) is 0.506. The Morgan fingerprint density at radius 3 is 2.31 bits per heavy atom. The Hall–Kier alpha value is -1.35. The molecule has 0 heterocycles. The van der Waals surface area contributed by atoms with Crippen LogP contribution in [0.5, 0.6) is 0 Å². The molecule has 0 aliphatic rings. The van der Waals surface area contributed by atoms with Gasteiger partial charge in [0.2, 0.25) is 5.91 Å². The maximum absolute atomic E-state index is 11.1. The largest absolute Gasteiger partial charge is 0.368 e. The Labute approximate surface area is 77.7 Å². The standard InChI is InChI=1S/C10H14N2O/c1-2-10(12,9(11)13)8-6-4-3-5-7-8/h3-7H,2,12H2,1H3,(H2,11,13)/t10-/m1/s1. The van der Waals surface area contributed by atoms with Gasteiger partial charge in [-0.05, 0) is 12.0 Å². The average Bonchev–Trinajstić information content (AvgIpc) is 2.17. The van der Waals surface area contributed by atoms with Crippen molar-refractivity contribution in [3.63, 3.8) is 0 Å². The molecule has 1 rings (SSSR count). The number of amides is 1. The molecule has 0 saturated carbocycles. The van der Waals surface area contributed by atoms with Crippen LogP contribution in [-0.4, -0.2) is 5.91 Å². The van der Waals surface area contributed by atoms with Crippen LogP contribution in [0.25, 0.3) is 0 Å². The van der Waals surface area contributed by atoms with Crippen molar-refractivity contribution >= 4 is 5.91 Å². The number of benzene rings is 1. The van der Waals surface area contributed by atoms with Gasteiger partial charge < -0.3 is 11.5 Å². The predicted octanol–water partition coefficient (Wildman–Crippen LogP) is 0.736. The lowest BCUT2D eigenvalue weighted by Crippen LogP contribution is -2.48. The smallest absolute Gasteiger partial charge is 0.242 e. The van der Waals surface area contributed by atoms with Crippen molar-refractivity contribution in [3.8, 4) is 0 Å². The fraction of sp³-hybridized carbons (Fsp3) is 0.300. The molecule has 0 aliphatic heterocycles. The third-order valence-electron chi connectivity index (χ3n) is 2.29. The van der Waals surface area contributed by atoms with Crippen LogP contribution in [0, 0.1) is 0 Å². The van der Waals surface area contributed by atoms with E-state index in [0.29, 0.717) is 6.42 Å². The molecule has 0 aromatic heterocycles. The Kier molecular flexibility index (Phi) is 2.68. The van der Waals surface area contributed by atoms with E-state index >= 15 is 0 Å². The molecule has 3 nitrogen and oxygen atoms in total. The third-order valence-corrected chi connectivity index (χ3v) is 2.29. The summed E-state index contributed by atoms with van der Waals surface area (Å²) in [7, 11) is 0. The molecule has 0 fully saturated rings. The average molecular weight is 178 g/mol. The van der Waals surface area contributed by atoms with Crippen molar-refractivity contribution in [2.45, 2.75) is 18.9 Å². The van der Waals surface area contributed by atoms with Crippen LogP contribution >= 0.6 is 0 Å². The van der Waals surface area contributed by atoms with Gasteiger partial charge in [0.1, 0.15) is 5.54 Å². The van der Waals surface area contributed by atoms with Crippen molar-refractivity contribution < 1.29 is 4.79 Å². The molecule has 0 bridgehead atoms. The van der Waals surface area contributed by atoms with E-state index in [9.17, 15) is 4.79 Å². The Bertz CT molecular complexity index is 297. The van der Waals surface area contributed by atoms with Crippen LogP contribution < -0.4 is 11.5 Å². The van der Waals surface area contributed by atoms with Crippen LogP contribution in [0.2, 0.25) is 0 Å². The highest BCUT2D eigenvalue weighted by Crippen LogP contribution is 2.20. The summed E-state index contributed by atoms with van der Waals surface area (Å²) in [5.41, 5.74) is 10.9. The first-order chi connectivity index (χ1) is 6.11. The molecule has 0 spiro atoms. The Morgan fingerprint density at radius 2 is 1.92 bits per heavy atom. The highest BCUT2D eigenvalue weighted by atomic mass is 16.1. The SMILES string of the molecule is CC[C@](N)(C(N)=O)c1ccccc1. The number of nitrogens with two attached hydrogens (primary N) is 2. The van der Waals surface area contributed by atoms with Gasteiger partial charge in [-0.25, -0.2) is 0 Å². The van der Waals surface area contributed by atoms with Gasteiger partial charge >= 0.3 is 0 Å². The molecule has 0 aliphatic carbocycles. The summed E-state index contributed by atoms with van der Waals surface area (Å²) >= 11 is 0. The second kappa shape index (κ2) is 3.58. The zero-order valence-electron chi connectivity index (χ0n) is 7.66. The van der Waals surface area contributed by atoms with Crippen LogP contribution in [0.1, 0.15) is 18.9 Å². The summed E-state index contributed by atoms with van der Waals surface area (Å²) in [4.78, 5) is 11.1. The van der Waals surface area contributed by atoms with Crippen molar-refractivity contribution in [2.24, 2.45) is 11.5 Å². The molecule has 1 atom stereocenters. The van der Waals surface area contributed by atoms with E-state index < -0.39 is 11.4 Å². The van der Waals surface area contributed by atoms with Crippen LogP contribution in [-0.2, 0) is 10.3 Å². The van der Waals surface area contributed by atoms with Gasteiger partial charge in [0.05, 0.1) is 0 Å². The van der Waals surface area contributed by atoms with E-state index in [-0.39, 0.29) is 0 Å². The van der Waals surface area contributed by atoms with Crippen LogP contribution in [0.4, 0.5) is 0 Å². The van der Waals surface area contributed by atoms with Crippen LogP contribution in [0.15, 0.2) is 30.3 Å². The molecule has 1 aromatic carbocycles. The topological polar surface area (TPSA) is 69.1 Å². The highest BCUT2D eigenvalue weighted by Gasteiger charge is 2.31. The van der Waals surface area contributed by atoms with E-state index in [0.717, 1.165) is 5.56 Å².